The number of methoxy groups -OCH3 is 1. The quantitative estimate of drug-likeness (QED) is 0.919. The van der Waals surface area contributed by atoms with Gasteiger partial charge in [-0.1, -0.05) is 0 Å². The molecule has 1 aromatic carbocycles. The number of hydrogen-bond acceptors (Lipinski definition) is 4. The van der Waals surface area contributed by atoms with Crippen molar-refractivity contribution in [1.29, 1.82) is 0 Å². The van der Waals surface area contributed by atoms with E-state index in [2.05, 4.69) is 15.4 Å². The van der Waals surface area contributed by atoms with Crippen LogP contribution in [0.25, 0.3) is 11.4 Å². The van der Waals surface area contributed by atoms with E-state index in [1.165, 1.54) is 12.8 Å². The number of carbonyl (C=O) groups is 1. The fourth-order valence-electron chi connectivity index (χ4n) is 5.32. The maximum Gasteiger partial charge on any atom is 0.322 e. The highest BCUT2D eigenvalue weighted by atomic mass is 16.5. The molecule has 1 saturated heterocycles. The van der Waals surface area contributed by atoms with E-state index in [0.29, 0.717) is 23.6 Å². The number of rotatable bonds is 3. The second kappa shape index (κ2) is 5.81. The summed E-state index contributed by atoms with van der Waals surface area (Å²) in [5.41, 5.74) is 1.72. The van der Waals surface area contributed by atoms with Crippen LogP contribution < -0.4 is 5.32 Å². The Morgan fingerprint density at radius 3 is 2.73 bits per heavy atom. The van der Waals surface area contributed by atoms with Crippen molar-refractivity contribution in [3.8, 4) is 11.4 Å². The van der Waals surface area contributed by atoms with Gasteiger partial charge in [-0.15, -0.1) is 0 Å². The van der Waals surface area contributed by atoms with Gasteiger partial charge in [0, 0.05) is 32.0 Å². The second-order valence-corrected chi connectivity index (χ2v) is 7.75. The van der Waals surface area contributed by atoms with E-state index in [1.54, 1.807) is 18.1 Å². The molecule has 0 spiro atoms. The molecule has 2 aliphatic carbocycles. The van der Waals surface area contributed by atoms with Crippen molar-refractivity contribution < 1.29 is 9.53 Å². The Bertz CT molecular complexity index is 831. The van der Waals surface area contributed by atoms with E-state index < -0.39 is 0 Å². The maximum atomic E-state index is 12.9. The van der Waals surface area contributed by atoms with E-state index in [-0.39, 0.29) is 18.2 Å². The number of fused-ring (bicyclic) bond motifs is 1. The minimum absolute atomic E-state index is 0.0178. The Morgan fingerprint density at radius 2 is 2.04 bits per heavy atom. The Morgan fingerprint density at radius 1 is 1.23 bits per heavy atom. The first-order valence-electron chi connectivity index (χ1n) is 9.20. The highest BCUT2D eigenvalue weighted by molar-refractivity contribution is 5.90. The molecule has 3 fully saturated rings. The summed E-state index contributed by atoms with van der Waals surface area (Å²) < 4.78 is 7.41. The third-order valence-electron chi connectivity index (χ3n) is 6.34. The van der Waals surface area contributed by atoms with E-state index >= 15 is 0 Å². The molecule has 2 heterocycles. The van der Waals surface area contributed by atoms with Crippen molar-refractivity contribution >= 4 is 11.7 Å². The van der Waals surface area contributed by atoms with Gasteiger partial charge in [0.15, 0.2) is 5.82 Å². The summed E-state index contributed by atoms with van der Waals surface area (Å²) >= 11 is 0. The van der Waals surface area contributed by atoms with Crippen molar-refractivity contribution in [1.82, 2.24) is 19.7 Å². The van der Waals surface area contributed by atoms with Crippen LogP contribution in [0.2, 0.25) is 0 Å². The van der Waals surface area contributed by atoms with E-state index in [9.17, 15) is 4.79 Å². The zero-order valence-corrected chi connectivity index (χ0v) is 15.0. The molecule has 2 aromatic rings. The van der Waals surface area contributed by atoms with Gasteiger partial charge in [-0.05, 0) is 54.9 Å². The Balaban J connectivity index is 1.30. The summed E-state index contributed by atoms with van der Waals surface area (Å²) in [6, 6.07) is 7.89. The molecule has 0 radical (unpaired) electrons. The van der Waals surface area contributed by atoms with Gasteiger partial charge in [-0.25, -0.2) is 9.78 Å². The van der Waals surface area contributed by atoms with E-state index in [0.717, 1.165) is 17.8 Å². The van der Waals surface area contributed by atoms with Gasteiger partial charge in [0.2, 0.25) is 0 Å². The molecule has 7 heteroatoms. The van der Waals surface area contributed by atoms with Crippen molar-refractivity contribution in [3.63, 3.8) is 0 Å². The van der Waals surface area contributed by atoms with Crippen LogP contribution in [-0.4, -0.2) is 51.5 Å². The van der Waals surface area contributed by atoms with Crippen LogP contribution in [0.15, 0.2) is 30.6 Å². The van der Waals surface area contributed by atoms with Crippen LogP contribution in [0.4, 0.5) is 10.5 Å². The molecule has 2 saturated carbocycles. The monoisotopic (exact) mass is 353 g/mol. The van der Waals surface area contributed by atoms with Crippen molar-refractivity contribution in [2.45, 2.75) is 25.0 Å². The Hall–Kier alpha value is -2.41. The summed E-state index contributed by atoms with van der Waals surface area (Å²) in [6.07, 6.45) is 4.29. The number of anilines is 1. The summed E-state index contributed by atoms with van der Waals surface area (Å²) in [5.74, 6) is 2.58. The fraction of sp³-hybridized carbons (Fsp3) is 0.526. The number of hydrogen-bond donors (Lipinski definition) is 1. The third kappa shape index (κ3) is 2.34. The van der Waals surface area contributed by atoms with Crippen LogP contribution in [0.5, 0.6) is 0 Å². The Kier molecular flexibility index (Phi) is 3.53. The molecule has 5 atom stereocenters. The number of aromatic nitrogens is 3. The van der Waals surface area contributed by atoms with Gasteiger partial charge in [0.05, 0.1) is 12.1 Å². The maximum absolute atomic E-state index is 12.9. The molecule has 2 bridgehead atoms. The van der Waals surface area contributed by atoms with E-state index in [4.69, 9.17) is 4.74 Å². The first-order valence-corrected chi connectivity index (χ1v) is 9.20. The highest BCUT2D eigenvalue weighted by Gasteiger charge is 2.60. The summed E-state index contributed by atoms with van der Waals surface area (Å²) in [4.78, 5) is 19.1. The summed E-state index contributed by atoms with van der Waals surface area (Å²) in [6.45, 7) is 0.855. The van der Waals surface area contributed by atoms with Crippen molar-refractivity contribution in [2.24, 2.45) is 24.8 Å². The number of nitrogens with zero attached hydrogens (tertiary/aromatic N) is 4. The minimum Gasteiger partial charge on any atom is -0.379 e. The largest absolute Gasteiger partial charge is 0.379 e. The molecule has 136 valence electrons. The van der Waals surface area contributed by atoms with Gasteiger partial charge in [0.25, 0.3) is 0 Å². The average Bonchev–Trinajstić information content (AvgIpc) is 3.36. The zero-order valence-electron chi connectivity index (χ0n) is 15.0. The molecular weight excluding hydrogens is 330 g/mol. The molecule has 1 aliphatic heterocycles. The zero-order chi connectivity index (χ0) is 17.8. The lowest BCUT2D eigenvalue weighted by atomic mass is 9.88. The van der Waals surface area contributed by atoms with Crippen LogP contribution >= 0.6 is 0 Å². The number of aryl methyl sites for hydroxylation is 1. The number of benzene rings is 1. The van der Waals surface area contributed by atoms with Gasteiger partial charge >= 0.3 is 6.03 Å². The first-order chi connectivity index (χ1) is 12.6. The molecule has 7 nitrogen and oxygen atoms in total. The molecule has 5 rings (SSSR count). The molecule has 1 aromatic heterocycles. The standard InChI is InChI=1S/C19H23N5O2/c1-23-10-20-18(22-23)11-3-5-14(6-4-11)21-19(25)24-9-13-7-12-8-15(13)16(24)17(12)26-2/h3-6,10,12-13,15-17H,7-9H2,1-2H3,(H,21,25). The first kappa shape index (κ1) is 15.8. The average molecular weight is 353 g/mol. The molecule has 3 aliphatic rings. The SMILES string of the molecule is COC1C2CC3CN(C(=O)Nc4ccc(-c5ncn(C)n5)cc4)C1C3C2. The fourth-order valence-corrected chi connectivity index (χ4v) is 5.32. The van der Waals surface area contributed by atoms with Crippen LogP contribution in [0, 0.1) is 17.8 Å². The second-order valence-electron chi connectivity index (χ2n) is 7.75. The highest BCUT2D eigenvalue weighted by Crippen LogP contribution is 2.55. The van der Waals surface area contributed by atoms with E-state index in [1.807, 2.05) is 36.2 Å². The normalized spacial score (nSPS) is 31.6. The van der Waals surface area contributed by atoms with Crippen LogP contribution in [0.3, 0.4) is 0 Å². The number of carbonyl (C=O) groups excluding carboxylic acids is 1. The van der Waals surface area contributed by atoms with Crippen molar-refractivity contribution in [2.75, 3.05) is 19.0 Å². The lowest BCUT2D eigenvalue weighted by Gasteiger charge is -2.31. The van der Waals surface area contributed by atoms with Gasteiger partial charge in [0.1, 0.15) is 6.33 Å². The molecule has 26 heavy (non-hydrogen) atoms. The predicted molar refractivity (Wildman–Crippen MR) is 96.5 cm³/mol. The smallest absolute Gasteiger partial charge is 0.322 e. The van der Waals surface area contributed by atoms with Crippen molar-refractivity contribution in [3.05, 3.63) is 30.6 Å². The summed E-state index contributed by atoms with van der Waals surface area (Å²) in [5, 5.41) is 7.35. The number of urea groups is 1. The molecule has 1 N–H and O–H groups in total. The molecule has 5 unspecified atom stereocenters. The topological polar surface area (TPSA) is 72.3 Å². The number of nitrogens with one attached hydrogen (secondary N) is 1. The lowest BCUT2D eigenvalue weighted by molar-refractivity contribution is 0.0202. The Labute approximate surface area is 152 Å². The van der Waals surface area contributed by atoms with Gasteiger partial charge in [-0.3, -0.25) is 4.68 Å². The minimum atomic E-state index is -0.0178. The number of amides is 2. The van der Waals surface area contributed by atoms with Crippen LogP contribution in [0.1, 0.15) is 12.8 Å². The lowest BCUT2D eigenvalue weighted by Crippen LogP contribution is -2.46. The number of likely N-dealkylation sites (tertiary alicyclic amines) is 1. The third-order valence-corrected chi connectivity index (χ3v) is 6.34. The van der Waals surface area contributed by atoms with Gasteiger partial charge < -0.3 is 15.0 Å². The summed E-state index contributed by atoms with van der Waals surface area (Å²) in [7, 11) is 3.62. The number of ether oxygens (including phenoxy) is 1. The predicted octanol–water partition coefficient (Wildman–Crippen LogP) is 2.37. The van der Waals surface area contributed by atoms with Crippen LogP contribution in [-0.2, 0) is 11.8 Å². The molecule has 2 amide bonds. The molecular formula is C19H23N5O2. The van der Waals surface area contributed by atoms with Gasteiger partial charge in [-0.2, -0.15) is 5.10 Å².